The topological polar surface area (TPSA) is 53.5 Å². The highest BCUT2D eigenvalue weighted by Crippen LogP contribution is 2.12. The number of para-hydroxylation sites is 1. The number of nitrogens with zero attached hydrogens (tertiary/aromatic N) is 1. The predicted molar refractivity (Wildman–Crippen MR) is 77.6 cm³/mol. The van der Waals surface area contributed by atoms with Gasteiger partial charge in [-0.3, -0.25) is 5.32 Å². The van der Waals surface area contributed by atoms with Crippen molar-refractivity contribution in [2.75, 3.05) is 10.7 Å². The number of halogens is 1. The Balaban J connectivity index is 1.85. The van der Waals surface area contributed by atoms with Crippen LogP contribution in [-0.2, 0) is 4.79 Å². The smallest absolute Gasteiger partial charge is 0.274 e. The molecule has 94 valence electrons. The average Bonchev–Trinajstić information content (AvgIpc) is 2.42. The molecule has 0 aromatic heterocycles. The Bertz CT molecular complexity index is 567. The number of hydrogen-bond donors (Lipinski definition) is 2. The fourth-order valence-electron chi connectivity index (χ4n) is 1.35. The number of anilines is 2. The molecule has 0 aliphatic rings. The summed E-state index contributed by atoms with van der Waals surface area (Å²) < 4.78 is 0. The average molecular weight is 273 g/mol. The summed E-state index contributed by atoms with van der Waals surface area (Å²) in [6.45, 7) is 0. The lowest BCUT2D eigenvalue weighted by molar-refractivity contribution is -0.109. The first-order chi connectivity index (χ1) is 9.24. The number of hydrazone groups is 1. The minimum atomic E-state index is -0.423. The van der Waals surface area contributed by atoms with Crippen LogP contribution in [0, 0.1) is 0 Å². The number of rotatable bonds is 4. The molecule has 0 fully saturated rings. The van der Waals surface area contributed by atoms with Crippen LogP contribution in [0.4, 0.5) is 11.4 Å². The van der Waals surface area contributed by atoms with Crippen LogP contribution < -0.4 is 10.7 Å². The zero-order valence-electron chi connectivity index (χ0n) is 9.93. The van der Waals surface area contributed by atoms with Gasteiger partial charge in [0.25, 0.3) is 0 Å². The third-order valence-electron chi connectivity index (χ3n) is 2.22. The van der Waals surface area contributed by atoms with Crippen LogP contribution in [0.25, 0.3) is 0 Å². The van der Waals surface area contributed by atoms with Gasteiger partial charge >= 0.3 is 12.1 Å². The monoisotopic (exact) mass is 272 g/mol. The van der Waals surface area contributed by atoms with Crippen molar-refractivity contribution in [2.45, 2.75) is 0 Å². The first kappa shape index (κ1) is 13.0. The van der Waals surface area contributed by atoms with Gasteiger partial charge < -0.3 is 0 Å². The van der Waals surface area contributed by atoms with Gasteiger partial charge in [0.2, 0.25) is 0 Å². The summed E-state index contributed by atoms with van der Waals surface area (Å²) in [6.07, 6.45) is 2.33. The van der Waals surface area contributed by atoms with Crippen molar-refractivity contribution < 1.29 is 4.79 Å². The predicted octanol–water partition coefficient (Wildman–Crippen LogP) is 3.25. The Morgan fingerprint density at radius 3 is 2.37 bits per heavy atom. The maximum Gasteiger partial charge on any atom is 0.524 e. The summed E-state index contributed by atoms with van der Waals surface area (Å²) in [4.78, 5) is 11.5. The van der Waals surface area contributed by atoms with Gasteiger partial charge in [-0.1, -0.05) is 29.8 Å². The highest BCUT2D eigenvalue weighted by atomic mass is 35.5. The molecule has 0 atom stereocenters. The Morgan fingerprint density at radius 1 is 1.00 bits per heavy atom. The van der Waals surface area contributed by atoms with Crippen LogP contribution in [0.15, 0.2) is 59.7 Å². The number of carbonyl (C=O) groups excluding carboxylic acids is 1. The maximum absolute atomic E-state index is 11.5. The molecule has 1 amide bonds. The Morgan fingerprint density at radius 2 is 1.68 bits per heavy atom. The van der Waals surface area contributed by atoms with Gasteiger partial charge in [-0.15, -0.1) is 0 Å². The second-order valence-electron chi connectivity index (χ2n) is 3.66. The molecule has 19 heavy (non-hydrogen) atoms. The molecule has 0 heterocycles. The normalized spacial score (nSPS) is 9.95. The summed E-state index contributed by atoms with van der Waals surface area (Å²) >= 11 is 5.75. The molecule has 0 saturated heterocycles. The fourth-order valence-corrected chi connectivity index (χ4v) is 1.47. The summed E-state index contributed by atoms with van der Waals surface area (Å²) in [5, 5.41) is 6.98. The summed E-state index contributed by atoms with van der Waals surface area (Å²) in [7, 11) is 0. The summed E-state index contributed by atoms with van der Waals surface area (Å²) in [5.74, 6) is -0.423. The molecular weight excluding hydrogens is 262 g/mol. The van der Waals surface area contributed by atoms with Gasteiger partial charge in [0.15, 0.2) is 0 Å². The molecule has 0 unspecified atom stereocenters. The standard InChI is InChI=1S/C14H10ClN3O/c15-11-6-8-13(9-7-11)18-16-10-14(19)17-12-4-2-1-3-5-12/h1-9H,(H-,17,18,19)/p+1. The zero-order valence-corrected chi connectivity index (χ0v) is 10.7. The van der Waals surface area contributed by atoms with E-state index in [1.54, 1.807) is 36.4 Å². The van der Waals surface area contributed by atoms with E-state index in [2.05, 4.69) is 22.1 Å². The molecule has 4 nitrogen and oxygen atoms in total. The second kappa shape index (κ2) is 6.50. The fraction of sp³-hybridized carbons (Fsp3) is 0. The van der Waals surface area contributed by atoms with E-state index in [0.717, 1.165) is 5.69 Å². The molecule has 0 bridgehead atoms. The molecule has 0 aliphatic carbocycles. The van der Waals surface area contributed by atoms with E-state index in [1.165, 1.54) is 0 Å². The molecule has 0 aliphatic heterocycles. The molecule has 0 spiro atoms. The van der Waals surface area contributed by atoms with Crippen LogP contribution >= 0.6 is 11.6 Å². The van der Waals surface area contributed by atoms with E-state index in [-0.39, 0.29) is 0 Å². The van der Waals surface area contributed by atoms with Crippen LogP contribution in [0.2, 0.25) is 5.02 Å². The lowest BCUT2D eigenvalue weighted by Gasteiger charge is -1.95. The Labute approximate surface area is 116 Å². The van der Waals surface area contributed by atoms with Crippen LogP contribution in [-0.4, -0.2) is 12.1 Å². The van der Waals surface area contributed by atoms with Crippen LogP contribution in [0.1, 0.15) is 0 Å². The molecular formula is C14H11ClN3O+. The highest BCUT2D eigenvalue weighted by molar-refractivity contribution is 6.32. The van der Waals surface area contributed by atoms with Crippen molar-refractivity contribution in [3.8, 4) is 0 Å². The number of carbonyl (C=O) groups is 1. The van der Waals surface area contributed by atoms with Crippen molar-refractivity contribution in [3.63, 3.8) is 0 Å². The molecule has 2 aromatic carbocycles. The molecule has 5 heteroatoms. The number of benzene rings is 2. The van der Waals surface area contributed by atoms with Crippen LogP contribution in [0.3, 0.4) is 0 Å². The highest BCUT2D eigenvalue weighted by Gasteiger charge is 2.14. The van der Waals surface area contributed by atoms with Gasteiger partial charge in [-0.05, 0) is 36.4 Å². The van der Waals surface area contributed by atoms with Crippen molar-refractivity contribution in [3.05, 3.63) is 59.6 Å². The molecule has 2 aromatic rings. The molecule has 2 rings (SSSR count). The van der Waals surface area contributed by atoms with Crippen molar-refractivity contribution in [1.82, 2.24) is 0 Å². The quantitative estimate of drug-likeness (QED) is 0.510. The van der Waals surface area contributed by atoms with Crippen molar-refractivity contribution >= 4 is 35.1 Å². The lowest BCUT2D eigenvalue weighted by Crippen LogP contribution is -2.13. The van der Waals surface area contributed by atoms with Gasteiger partial charge in [-0.2, -0.15) is 0 Å². The number of hydrogen-bond acceptors (Lipinski definition) is 3. The zero-order chi connectivity index (χ0) is 13.5. The maximum atomic E-state index is 11.5. The third-order valence-corrected chi connectivity index (χ3v) is 2.47. The van der Waals surface area contributed by atoms with Crippen molar-refractivity contribution in [2.24, 2.45) is 5.10 Å². The third kappa shape index (κ3) is 4.39. The van der Waals surface area contributed by atoms with Gasteiger partial charge in [0, 0.05) is 10.7 Å². The van der Waals surface area contributed by atoms with E-state index >= 15 is 0 Å². The molecule has 0 saturated carbocycles. The Hall–Kier alpha value is -2.42. The number of nitrogens with one attached hydrogen (secondary N) is 2. The van der Waals surface area contributed by atoms with Gasteiger partial charge in [0.1, 0.15) is 0 Å². The first-order valence-corrected chi connectivity index (χ1v) is 5.95. The second-order valence-corrected chi connectivity index (χ2v) is 4.10. The number of amides is 1. The molecule has 0 radical (unpaired) electrons. The SMILES string of the molecule is O=C([C+]=NNc1ccc(Cl)cc1)Nc1ccccc1. The summed E-state index contributed by atoms with van der Waals surface area (Å²) in [6, 6.07) is 16.1. The first-order valence-electron chi connectivity index (χ1n) is 5.57. The summed E-state index contributed by atoms with van der Waals surface area (Å²) in [5.41, 5.74) is 4.11. The minimum Gasteiger partial charge on any atom is -0.274 e. The van der Waals surface area contributed by atoms with Crippen molar-refractivity contribution in [1.29, 1.82) is 0 Å². The molecule has 2 N–H and O–H groups in total. The minimum absolute atomic E-state index is 0.423. The largest absolute Gasteiger partial charge is 0.524 e. The van der Waals surface area contributed by atoms with Crippen LogP contribution in [0.5, 0.6) is 0 Å². The van der Waals surface area contributed by atoms with Gasteiger partial charge in [-0.25, -0.2) is 10.2 Å². The van der Waals surface area contributed by atoms with Gasteiger partial charge in [0.05, 0.1) is 10.8 Å². The Kier molecular flexibility index (Phi) is 4.45. The lowest BCUT2D eigenvalue weighted by atomic mass is 10.3. The van der Waals surface area contributed by atoms with E-state index in [4.69, 9.17) is 11.6 Å². The van der Waals surface area contributed by atoms with E-state index < -0.39 is 5.91 Å². The van der Waals surface area contributed by atoms with E-state index in [9.17, 15) is 4.79 Å². The van der Waals surface area contributed by atoms with E-state index in [1.807, 2.05) is 18.2 Å². The van der Waals surface area contributed by atoms with E-state index in [0.29, 0.717) is 10.7 Å².